The molecule has 2 aromatic carbocycles. The number of amides is 1. The number of benzene rings is 2. The third-order valence-electron chi connectivity index (χ3n) is 4.60. The second-order valence-corrected chi connectivity index (χ2v) is 7.15. The molecule has 0 spiro atoms. The summed E-state index contributed by atoms with van der Waals surface area (Å²) in [7, 11) is 1.74. The van der Waals surface area contributed by atoms with Gasteiger partial charge >= 0.3 is 0 Å². The largest absolute Gasteiger partial charge is 0.337 e. The summed E-state index contributed by atoms with van der Waals surface area (Å²) in [6.07, 6.45) is 5.67. The highest BCUT2D eigenvalue weighted by atomic mass is 19.1. The Bertz CT molecular complexity index is 1370. The summed E-state index contributed by atoms with van der Waals surface area (Å²) in [4.78, 5) is 20.2. The minimum atomic E-state index is -0.793. The quantitative estimate of drug-likeness (QED) is 0.336. The predicted molar refractivity (Wildman–Crippen MR) is 122 cm³/mol. The lowest BCUT2D eigenvalue weighted by Gasteiger charge is -2.14. The lowest BCUT2D eigenvalue weighted by Crippen LogP contribution is -2.08. The van der Waals surface area contributed by atoms with Crippen LogP contribution < -0.4 is 16.0 Å². The second-order valence-electron chi connectivity index (χ2n) is 7.15. The van der Waals surface area contributed by atoms with Crippen molar-refractivity contribution in [2.45, 2.75) is 0 Å². The molecule has 2 heterocycles. The van der Waals surface area contributed by atoms with E-state index in [1.807, 2.05) is 0 Å². The minimum Gasteiger partial charge on any atom is -0.337 e. The van der Waals surface area contributed by atoms with Gasteiger partial charge in [0.25, 0.3) is 0 Å². The number of aromatic nitrogens is 4. The van der Waals surface area contributed by atoms with Crippen molar-refractivity contribution in [1.82, 2.24) is 19.7 Å². The van der Waals surface area contributed by atoms with Crippen LogP contribution in [0.2, 0.25) is 0 Å². The first-order valence-corrected chi connectivity index (χ1v) is 9.90. The molecule has 0 fully saturated rings. The number of rotatable bonds is 7. The van der Waals surface area contributed by atoms with Gasteiger partial charge in [0, 0.05) is 36.8 Å². The molecular weight excluding hydrogens is 447 g/mol. The maximum Gasteiger partial charge on any atom is 0.247 e. The van der Waals surface area contributed by atoms with E-state index in [0.29, 0.717) is 11.4 Å². The van der Waals surface area contributed by atoms with E-state index in [1.165, 1.54) is 18.3 Å². The van der Waals surface area contributed by atoms with Crippen molar-refractivity contribution in [3.8, 4) is 11.1 Å². The van der Waals surface area contributed by atoms with E-state index in [2.05, 4.69) is 37.6 Å². The summed E-state index contributed by atoms with van der Waals surface area (Å²) >= 11 is 0. The normalized spacial score (nSPS) is 10.6. The van der Waals surface area contributed by atoms with Crippen LogP contribution in [0.1, 0.15) is 0 Å². The number of hydrogen-bond donors (Lipinski definition) is 3. The Morgan fingerprint density at radius 3 is 2.47 bits per heavy atom. The molecule has 0 saturated carbocycles. The molecular formula is C23H18F3N7O. The Hall–Kier alpha value is -4.67. The predicted octanol–water partition coefficient (Wildman–Crippen LogP) is 4.91. The van der Waals surface area contributed by atoms with Gasteiger partial charge in [-0.3, -0.25) is 9.48 Å². The van der Waals surface area contributed by atoms with Crippen molar-refractivity contribution in [3.63, 3.8) is 0 Å². The van der Waals surface area contributed by atoms with Gasteiger partial charge in [0.1, 0.15) is 23.3 Å². The van der Waals surface area contributed by atoms with Gasteiger partial charge in [-0.15, -0.1) is 0 Å². The van der Waals surface area contributed by atoms with Crippen LogP contribution in [0.3, 0.4) is 0 Å². The Morgan fingerprint density at radius 1 is 1.03 bits per heavy atom. The maximum atomic E-state index is 14.6. The van der Waals surface area contributed by atoms with Gasteiger partial charge in [-0.25, -0.2) is 18.2 Å². The Morgan fingerprint density at radius 2 is 1.79 bits per heavy atom. The van der Waals surface area contributed by atoms with E-state index < -0.39 is 23.4 Å². The van der Waals surface area contributed by atoms with Crippen molar-refractivity contribution in [3.05, 3.63) is 85.1 Å². The lowest BCUT2D eigenvalue weighted by atomic mass is 10.1. The van der Waals surface area contributed by atoms with Crippen LogP contribution in [-0.2, 0) is 11.8 Å². The maximum absolute atomic E-state index is 14.6. The Kier molecular flexibility index (Phi) is 6.26. The number of nitrogens with zero attached hydrogens (tertiary/aromatic N) is 4. The fourth-order valence-electron chi connectivity index (χ4n) is 3.09. The highest BCUT2D eigenvalue weighted by molar-refractivity contribution is 5.99. The highest BCUT2D eigenvalue weighted by Gasteiger charge is 2.15. The molecule has 0 aliphatic rings. The summed E-state index contributed by atoms with van der Waals surface area (Å²) < 4.78 is 43.9. The van der Waals surface area contributed by atoms with Crippen LogP contribution in [0.4, 0.5) is 42.0 Å². The fourth-order valence-corrected chi connectivity index (χ4v) is 3.09. The third kappa shape index (κ3) is 5.21. The van der Waals surface area contributed by atoms with Crippen LogP contribution in [0.25, 0.3) is 11.1 Å². The van der Waals surface area contributed by atoms with E-state index in [1.54, 1.807) is 24.1 Å². The van der Waals surface area contributed by atoms with E-state index in [9.17, 15) is 18.0 Å². The first kappa shape index (κ1) is 22.5. The number of anilines is 5. The molecule has 4 rings (SSSR count). The van der Waals surface area contributed by atoms with E-state index in [-0.39, 0.29) is 28.6 Å². The molecule has 0 bridgehead atoms. The molecule has 34 heavy (non-hydrogen) atoms. The number of aryl methyl sites for hydroxylation is 1. The molecule has 4 aromatic rings. The summed E-state index contributed by atoms with van der Waals surface area (Å²) in [6.45, 7) is 3.38. The molecule has 0 saturated heterocycles. The smallest absolute Gasteiger partial charge is 0.247 e. The Labute approximate surface area is 192 Å². The van der Waals surface area contributed by atoms with Gasteiger partial charge in [-0.1, -0.05) is 6.58 Å². The van der Waals surface area contributed by atoms with Crippen LogP contribution >= 0.6 is 0 Å². The van der Waals surface area contributed by atoms with E-state index >= 15 is 0 Å². The van der Waals surface area contributed by atoms with Gasteiger partial charge in [-0.05, 0) is 42.0 Å². The number of carbonyl (C=O) groups is 1. The number of halogens is 3. The van der Waals surface area contributed by atoms with Crippen molar-refractivity contribution in [2.75, 3.05) is 16.0 Å². The molecule has 0 aliphatic heterocycles. The number of nitrogens with one attached hydrogen (secondary N) is 3. The van der Waals surface area contributed by atoms with Crippen LogP contribution in [-0.4, -0.2) is 25.7 Å². The van der Waals surface area contributed by atoms with Crippen molar-refractivity contribution in [2.24, 2.45) is 7.05 Å². The summed E-state index contributed by atoms with van der Waals surface area (Å²) in [5.41, 5.74) is 1.22. The van der Waals surface area contributed by atoms with Gasteiger partial charge in [0.2, 0.25) is 11.9 Å². The SMILES string of the molecule is C=CC(=O)Nc1ccc(F)c(Nc2nc(Nc3cnn(C)c3)ncc2-c2cc(F)cc(F)c2)c1. The highest BCUT2D eigenvalue weighted by Crippen LogP contribution is 2.32. The zero-order chi connectivity index (χ0) is 24.2. The summed E-state index contributed by atoms with van der Waals surface area (Å²) in [5.74, 6) is -2.50. The molecule has 0 unspecified atom stereocenters. The monoisotopic (exact) mass is 465 g/mol. The molecule has 0 radical (unpaired) electrons. The average molecular weight is 465 g/mol. The number of hydrogen-bond acceptors (Lipinski definition) is 6. The van der Waals surface area contributed by atoms with Gasteiger partial charge < -0.3 is 16.0 Å². The number of carbonyl (C=O) groups excluding carboxylic acids is 1. The molecule has 1 amide bonds. The molecule has 11 heteroatoms. The third-order valence-corrected chi connectivity index (χ3v) is 4.60. The van der Waals surface area contributed by atoms with Gasteiger partial charge in [-0.2, -0.15) is 10.1 Å². The van der Waals surface area contributed by atoms with Gasteiger partial charge in [0.15, 0.2) is 0 Å². The van der Waals surface area contributed by atoms with Crippen LogP contribution in [0, 0.1) is 17.5 Å². The van der Waals surface area contributed by atoms with Gasteiger partial charge in [0.05, 0.1) is 17.6 Å². The molecule has 2 aromatic heterocycles. The standard InChI is InChI=1S/C23H18F3N7O/c1-3-21(34)29-16-4-5-19(26)20(9-16)31-22-18(13-6-14(24)8-15(25)7-13)11-27-23(32-22)30-17-10-28-33(2)12-17/h3-12H,1H2,2H3,(H,29,34)(H2,27,30,31,32). The first-order valence-electron chi connectivity index (χ1n) is 9.90. The van der Waals surface area contributed by atoms with Crippen LogP contribution in [0.15, 0.2) is 67.6 Å². The van der Waals surface area contributed by atoms with Crippen molar-refractivity contribution in [1.29, 1.82) is 0 Å². The van der Waals surface area contributed by atoms with Crippen molar-refractivity contribution >= 4 is 34.7 Å². The molecule has 8 nitrogen and oxygen atoms in total. The van der Waals surface area contributed by atoms with Crippen molar-refractivity contribution < 1.29 is 18.0 Å². The molecule has 0 aliphatic carbocycles. The average Bonchev–Trinajstić information content (AvgIpc) is 3.20. The topological polar surface area (TPSA) is 96.8 Å². The Balaban J connectivity index is 1.76. The first-order chi connectivity index (χ1) is 16.3. The molecule has 3 N–H and O–H groups in total. The van der Waals surface area contributed by atoms with E-state index in [4.69, 9.17) is 0 Å². The van der Waals surface area contributed by atoms with Crippen LogP contribution in [0.5, 0.6) is 0 Å². The fraction of sp³-hybridized carbons (Fsp3) is 0.0435. The summed E-state index contributed by atoms with van der Waals surface area (Å²) in [5, 5.41) is 12.4. The van der Waals surface area contributed by atoms with E-state index in [0.717, 1.165) is 30.3 Å². The molecule has 0 atom stereocenters. The molecule has 172 valence electrons. The lowest BCUT2D eigenvalue weighted by molar-refractivity contribution is -0.111. The minimum absolute atomic E-state index is 0.0361. The summed E-state index contributed by atoms with van der Waals surface area (Å²) in [6, 6.07) is 6.83. The zero-order valence-electron chi connectivity index (χ0n) is 17.8. The zero-order valence-corrected chi connectivity index (χ0v) is 17.8. The second kappa shape index (κ2) is 9.45.